The minimum absolute atomic E-state index is 0.206. The number of nitrogens with one attached hydrogen (secondary N) is 1. The summed E-state index contributed by atoms with van der Waals surface area (Å²) in [5.41, 5.74) is 4.48. The van der Waals surface area contributed by atoms with Crippen molar-refractivity contribution in [1.82, 2.24) is 10.3 Å². The van der Waals surface area contributed by atoms with E-state index in [0.717, 1.165) is 38.6 Å². The number of rotatable bonds is 6. The monoisotopic (exact) mass is 583 g/mol. The van der Waals surface area contributed by atoms with Crippen LogP contribution in [0.1, 0.15) is 45.9 Å². The second-order valence-electron chi connectivity index (χ2n) is 9.38. The first-order valence-electron chi connectivity index (χ1n) is 12.7. The van der Waals surface area contributed by atoms with Crippen LogP contribution in [0.4, 0.5) is 0 Å². The molecule has 0 saturated carbocycles. The molecule has 0 spiro atoms. The van der Waals surface area contributed by atoms with Gasteiger partial charge in [-0.15, -0.1) is 0 Å². The Kier molecular flexibility index (Phi) is 8.34. The number of fused-ring (bicyclic) bond motifs is 2. The largest absolute Gasteiger partial charge is 0.488 e. The quantitative estimate of drug-likeness (QED) is 0.240. The Morgan fingerprint density at radius 2 is 1.87 bits per heavy atom. The van der Waals surface area contributed by atoms with E-state index >= 15 is 0 Å². The zero-order valence-electron chi connectivity index (χ0n) is 21.0. The van der Waals surface area contributed by atoms with E-state index in [-0.39, 0.29) is 17.7 Å². The number of para-hydroxylation sites is 1. The molecule has 2 unspecified atom stereocenters. The molecule has 7 nitrogen and oxygen atoms in total. The molecule has 6 rings (SSSR count). The number of aliphatic imine (C=N–C) groups is 1. The van der Waals surface area contributed by atoms with Gasteiger partial charge in [0.25, 0.3) is 5.91 Å². The first-order valence-corrected chi connectivity index (χ1v) is 13.5. The van der Waals surface area contributed by atoms with E-state index in [2.05, 4.69) is 38.4 Å². The Bertz CT molecular complexity index is 1560. The summed E-state index contributed by atoms with van der Waals surface area (Å²) in [7, 11) is 0. The summed E-state index contributed by atoms with van der Waals surface area (Å²) in [6.45, 7) is 1.15. The number of aldehydes is 1. The Morgan fingerprint density at radius 1 is 1.03 bits per heavy atom. The van der Waals surface area contributed by atoms with Gasteiger partial charge in [0.1, 0.15) is 12.4 Å². The predicted molar refractivity (Wildman–Crippen MR) is 153 cm³/mol. The first kappa shape index (κ1) is 26.6. The summed E-state index contributed by atoms with van der Waals surface area (Å²) in [6.07, 6.45) is 3.54. The van der Waals surface area contributed by atoms with Gasteiger partial charge in [0.2, 0.25) is 5.78 Å². The van der Waals surface area contributed by atoms with Gasteiger partial charge in [-0.25, -0.2) is 4.99 Å². The van der Waals surface area contributed by atoms with Crippen LogP contribution in [0.15, 0.2) is 88.3 Å². The fourth-order valence-electron chi connectivity index (χ4n) is 4.71. The van der Waals surface area contributed by atoms with Crippen LogP contribution < -0.4 is 10.1 Å². The molecule has 39 heavy (non-hydrogen) atoms. The molecule has 1 aromatic heterocycles. The van der Waals surface area contributed by atoms with E-state index < -0.39 is 0 Å². The van der Waals surface area contributed by atoms with E-state index in [4.69, 9.17) is 9.72 Å². The van der Waals surface area contributed by atoms with E-state index in [1.165, 1.54) is 0 Å². The van der Waals surface area contributed by atoms with Gasteiger partial charge in [0, 0.05) is 39.8 Å². The van der Waals surface area contributed by atoms with Crippen molar-refractivity contribution in [2.24, 2.45) is 4.99 Å². The standard InChI is InChI=1S/C16H16N2O2.C15H10BrNO2/c19-10-16(20)15-8-6-12(9-17-15)14-7-5-11-3-1-2-4-13(11)18-14;16-11-4-1-3-10(7-11)9-19-14-6-2-5-12-13(14)8-17-15(12)18/h1-5,7,10,12,15,17H,6,8-9H2;1-8H,9H2. The Balaban J connectivity index is 0.000000158. The minimum atomic E-state index is -0.352. The third kappa shape index (κ3) is 6.35. The van der Waals surface area contributed by atoms with Gasteiger partial charge in [-0.2, -0.15) is 0 Å². The van der Waals surface area contributed by atoms with E-state index in [9.17, 15) is 14.4 Å². The molecule has 2 aliphatic heterocycles. The summed E-state index contributed by atoms with van der Waals surface area (Å²) in [5, 5.41) is 4.28. The molecule has 3 aromatic carbocycles. The first-order chi connectivity index (χ1) is 19.0. The molecule has 2 aliphatic rings. The van der Waals surface area contributed by atoms with Crippen LogP contribution in [0, 0.1) is 0 Å². The van der Waals surface area contributed by atoms with Crippen molar-refractivity contribution >= 4 is 51.0 Å². The Hall–Kier alpha value is -4.01. The Labute approximate surface area is 234 Å². The molecular formula is C31H26BrN3O4. The second kappa shape index (κ2) is 12.2. The molecule has 1 N–H and O–H groups in total. The normalized spacial score (nSPS) is 17.7. The lowest BCUT2D eigenvalue weighted by Crippen LogP contribution is -2.43. The molecule has 1 amide bonds. The molecule has 1 saturated heterocycles. The third-order valence-electron chi connectivity index (χ3n) is 6.80. The fraction of sp³-hybridized carbons (Fsp3) is 0.194. The highest BCUT2D eigenvalue weighted by molar-refractivity contribution is 9.10. The number of ether oxygens (including phenoxy) is 1. The van der Waals surface area contributed by atoms with E-state index in [0.29, 0.717) is 43.1 Å². The number of benzene rings is 3. The molecule has 0 bridgehead atoms. The highest BCUT2D eigenvalue weighted by Gasteiger charge is 2.26. The molecule has 3 heterocycles. The molecule has 0 radical (unpaired) electrons. The lowest BCUT2D eigenvalue weighted by atomic mass is 9.90. The van der Waals surface area contributed by atoms with Gasteiger partial charge in [-0.1, -0.05) is 58.4 Å². The average molecular weight is 584 g/mol. The maximum absolute atomic E-state index is 11.5. The number of carbonyl (C=O) groups excluding carboxylic acids is 3. The molecule has 8 heteroatoms. The number of halogens is 1. The van der Waals surface area contributed by atoms with Gasteiger partial charge in [-0.3, -0.25) is 19.4 Å². The van der Waals surface area contributed by atoms with Crippen LogP contribution in [0.2, 0.25) is 0 Å². The number of piperidine rings is 1. The van der Waals surface area contributed by atoms with Crippen LogP contribution >= 0.6 is 15.9 Å². The second-order valence-corrected chi connectivity index (χ2v) is 10.3. The number of hydrogen-bond acceptors (Lipinski definition) is 6. The smallest absolute Gasteiger partial charge is 0.277 e. The van der Waals surface area contributed by atoms with Gasteiger partial charge in [-0.05, 0) is 54.8 Å². The predicted octanol–water partition coefficient (Wildman–Crippen LogP) is 5.44. The number of pyridine rings is 1. The molecule has 1 fully saturated rings. The highest BCUT2D eigenvalue weighted by Crippen LogP contribution is 2.27. The summed E-state index contributed by atoms with van der Waals surface area (Å²) >= 11 is 3.42. The highest BCUT2D eigenvalue weighted by atomic mass is 79.9. The topological polar surface area (TPSA) is 97.7 Å². The maximum Gasteiger partial charge on any atom is 0.277 e. The van der Waals surface area contributed by atoms with Crippen LogP contribution in [-0.2, 0) is 16.2 Å². The number of aromatic nitrogens is 1. The molecular weight excluding hydrogens is 558 g/mol. The van der Waals surface area contributed by atoms with Crippen molar-refractivity contribution in [3.05, 3.63) is 106 Å². The van der Waals surface area contributed by atoms with Crippen molar-refractivity contribution in [3.8, 4) is 5.75 Å². The van der Waals surface area contributed by atoms with Gasteiger partial charge in [0.05, 0.1) is 17.1 Å². The van der Waals surface area contributed by atoms with Crippen molar-refractivity contribution in [1.29, 1.82) is 0 Å². The van der Waals surface area contributed by atoms with Crippen molar-refractivity contribution in [2.45, 2.75) is 31.4 Å². The number of nitrogens with zero attached hydrogens (tertiary/aromatic N) is 2. The van der Waals surface area contributed by atoms with Gasteiger partial charge in [0.15, 0.2) is 6.29 Å². The fourth-order valence-corrected chi connectivity index (χ4v) is 5.16. The molecule has 2 atom stereocenters. The lowest BCUT2D eigenvalue weighted by molar-refractivity contribution is -0.131. The minimum Gasteiger partial charge on any atom is -0.488 e. The zero-order valence-corrected chi connectivity index (χ0v) is 22.6. The lowest BCUT2D eigenvalue weighted by Gasteiger charge is -2.27. The number of amides is 1. The van der Waals surface area contributed by atoms with E-state index in [1.807, 2.05) is 60.7 Å². The van der Waals surface area contributed by atoms with Crippen LogP contribution in [0.3, 0.4) is 0 Å². The summed E-state index contributed by atoms with van der Waals surface area (Å²) in [5.74, 6) is 0.431. The van der Waals surface area contributed by atoms with Crippen molar-refractivity contribution in [3.63, 3.8) is 0 Å². The number of carbonyl (C=O) groups is 3. The SMILES string of the molecule is O=C1N=Cc2c(OCc3cccc(Br)c3)cccc21.O=CC(=O)C1CCC(c2ccc3ccccc3n2)CN1. The van der Waals surface area contributed by atoms with Crippen molar-refractivity contribution in [2.75, 3.05) is 6.54 Å². The van der Waals surface area contributed by atoms with Crippen molar-refractivity contribution < 1.29 is 19.1 Å². The molecule has 4 aromatic rings. The summed E-state index contributed by atoms with van der Waals surface area (Å²) in [4.78, 5) is 41.8. The Morgan fingerprint density at radius 3 is 2.67 bits per heavy atom. The number of Topliss-reactive ketones (excluding diaryl/α,β-unsaturated/α-hetero) is 1. The zero-order chi connectivity index (χ0) is 27.2. The van der Waals surface area contributed by atoms with Gasteiger partial charge < -0.3 is 10.1 Å². The maximum atomic E-state index is 11.5. The van der Waals surface area contributed by atoms with E-state index in [1.54, 1.807) is 12.3 Å². The summed E-state index contributed by atoms with van der Waals surface area (Å²) in [6, 6.07) is 25.2. The summed E-state index contributed by atoms with van der Waals surface area (Å²) < 4.78 is 6.79. The average Bonchev–Trinajstić information content (AvgIpc) is 3.37. The number of ketones is 1. The van der Waals surface area contributed by atoms with Crippen LogP contribution in [0.25, 0.3) is 10.9 Å². The number of hydrogen-bond donors (Lipinski definition) is 1. The molecule has 196 valence electrons. The van der Waals surface area contributed by atoms with Gasteiger partial charge >= 0.3 is 0 Å². The van der Waals surface area contributed by atoms with Crippen LogP contribution in [0.5, 0.6) is 5.75 Å². The van der Waals surface area contributed by atoms with Crippen LogP contribution in [-0.4, -0.2) is 41.8 Å². The molecule has 0 aliphatic carbocycles. The third-order valence-corrected chi connectivity index (χ3v) is 7.30.